The summed E-state index contributed by atoms with van der Waals surface area (Å²) in [6.07, 6.45) is 6.13. The molecule has 3 heterocycles. The van der Waals surface area contributed by atoms with Gasteiger partial charge < -0.3 is 9.42 Å². The van der Waals surface area contributed by atoms with Gasteiger partial charge in [0.15, 0.2) is 0 Å². The zero-order valence-corrected chi connectivity index (χ0v) is 13.5. The molecule has 22 heavy (non-hydrogen) atoms. The highest BCUT2D eigenvalue weighted by atomic mass is 35.5. The van der Waals surface area contributed by atoms with Gasteiger partial charge in [-0.2, -0.15) is 5.10 Å². The smallest absolute Gasteiger partial charge is 0.229 e. The van der Waals surface area contributed by atoms with E-state index < -0.39 is 0 Å². The van der Waals surface area contributed by atoms with Crippen LogP contribution in [0.3, 0.4) is 0 Å². The number of rotatable bonds is 3. The van der Waals surface area contributed by atoms with Crippen LogP contribution in [0.15, 0.2) is 16.9 Å². The highest BCUT2D eigenvalue weighted by molar-refractivity contribution is 6.29. The predicted molar refractivity (Wildman–Crippen MR) is 81.8 cm³/mol. The Balaban J connectivity index is 1.68. The second kappa shape index (κ2) is 6.12. The van der Waals surface area contributed by atoms with Crippen molar-refractivity contribution in [3.05, 3.63) is 34.4 Å². The van der Waals surface area contributed by atoms with E-state index in [0.717, 1.165) is 24.9 Å². The van der Waals surface area contributed by atoms with E-state index >= 15 is 0 Å². The minimum Gasteiger partial charge on any atom is -0.344 e. The molecule has 1 atom stereocenters. The van der Waals surface area contributed by atoms with Gasteiger partial charge in [0.2, 0.25) is 11.1 Å². The third-order valence-corrected chi connectivity index (χ3v) is 4.42. The molecule has 6 nitrogen and oxygen atoms in total. The number of aryl methyl sites for hydroxylation is 2. The first-order valence-corrected chi connectivity index (χ1v) is 7.81. The van der Waals surface area contributed by atoms with E-state index in [0.29, 0.717) is 17.8 Å². The van der Waals surface area contributed by atoms with Gasteiger partial charge in [0, 0.05) is 24.8 Å². The topological polar surface area (TPSA) is 64.2 Å². The SMILES string of the molecule is Cc1cnn(C2CCCN(C(=O)Cc3c(C)noc3Cl)C2)c1. The molecule has 1 fully saturated rings. The standard InChI is InChI=1S/C15H19ClN4O2/c1-10-7-17-20(8-10)12-4-3-5-19(9-12)14(21)6-13-11(2)18-22-15(13)16/h7-8,12H,3-6,9H2,1-2H3. The first-order chi connectivity index (χ1) is 10.5. The molecule has 1 unspecified atom stereocenters. The minimum atomic E-state index is 0.0572. The quantitative estimate of drug-likeness (QED) is 0.871. The number of aromatic nitrogens is 3. The fraction of sp³-hybridized carbons (Fsp3) is 0.533. The van der Waals surface area contributed by atoms with Gasteiger partial charge in [0.25, 0.3) is 0 Å². The maximum absolute atomic E-state index is 12.5. The highest BCUT2D eigenvalue weighted by Crippen LogP contribution is 2.24. The third-order valence-electron chi connectivity index (χ3n) is 4.12. The summed E-state index contributed by atoms with van der Waals surface area (Å²) in [5.41, 5.74) is 2.49. The van der Waals surface area contributed by atoms with E-state index in [4.69, 9.17) is 16.1 Å². The van der Waals surface area contributed by atoms with Crippen LogP contribution in [-0.2, 0) is 11.2 Å². The first-order valence-electron chi connectivity index (χ1n) is 7.44. The molecule has 0 saturated carbocycles. The van der Waals surface area contributed by atoms with Crippen molar-refractivity contribution < 1.29 is 9.32 Å². The zero-order chi connectivity index (χ0) is 15.7. The van der Waals surface area contributed by atoms with Gasteiger partial charge in [-0.3, -0.25) is 9.48 Å². The van der Waals surface area contributed by atoms with E-state index in [9.17, 15) is 4.79 Å². The largest absolute Gasteiger partial charge is 0.344 e. The van der Waals surface area contributed by atoms with Gasteiger partial charge in [0.05, 0.1) is 24.4 Å². The van der Waals surface area contributed by atoms with E-state index in [1.165, 1.54) is 0 Å². The molecule has 0 bridgehead atoms. The fourth-order valence-electron chi connectivity index (χ4n) is 2.85. The molecule has 0 spiro atoms. The summed E-state index contributed by atoms with van der Waals surface area (Å²) in [6, 6.07) is 0.241. The van der Waals surface area contributed by atoms with E-state index in [2.05, 4.69) is 10.3 Å². The molecule has 1 saturated heterocycles. The van der Waals surface area contributed by atoms with Crippen molar-refractivity contribution in [2.24, 2.45) is 0 Å². The zero-order valence-electron chi connectivity index (χ0n) is 12.8. The lowest BCUT2D eigenvalue weighted by Crippen LogP contribution is -2.41. The molecule has 1 amide bonds. The predicted octanol–water partition coefficient (Wildman–Crippen LogP) is 2.55. The number of nitrogens with zero attached hydrogens (tertiary/aromatic N) is 4. The number of carbonyl (C=O) groups excluding carboxylic acids is 1. The van der Waals surface area contributed by atoms with Crippen LogP contribution in [-0.4, -0.2) is 38.8 Å². The lowest BCUT2D eigenvalue weighted by molar-refractivity contribution is -0.132. The van der Waals surface area contributed by atoms with Crippen molar-refractivity contribution in [1.29, 1.82) is 0 Å². The molecule has 7 heteroatoms. The fourth-order valence-corrected chi connectivity index (χ4v) is 3.09. The Morgan fingerprint density at radius 1 is 1.50 bits per heavy atom. The Morgan fingerprint density at radius 3 is 2.95 bits per heavy atom. The summed E-state index contributed by atoms with van der Waals surface area (Å²) < 4.78 is 6.87. The normalized spacial score (nSPS) is 18.7. The molecule has 0 radical (unpaired) electrons. The molecule has 2 aromatic heterocycles. The Bertz CT molecular complexity index is 659. The van der Waals surface area contributed by atoms with Gasteiger partial charge >= 0.3 is 0 Å². The van der Waals surface area contributed by atoms with Gasteiger partial charge in [-0.05, 0) is 43.9 Å². The monoisotopic (exact) mass is 322 g/mol. The summed E-state index contributed by atoms with van der Waals surface area (Å²) in [6.45, 7) is 5.27. The maximum atomic E-state index is 12.5. The van der Waals surface area contributed by atoms with Crippen LogP contribution in [0.5, 0.6) is 0 Å². The van der Waals surface area contributed by atoms with Crippen molar-refractivity contribution in [2.45, 2.75) is 39.2 Å². The number of piperidine rings is 1. The molecular weight excluding hydrogens is 304 g/mol. The average Bonchev–Trinajstić information content (AvgIpc) is 3.08. The second-order valence-electron chi connectivity index (χ2n) is 5.83. The molecular formula is C15H19ClN4O2. The van der Waals surface area contributed by atoms with Crippen LogP contribution >= 0.6 is 11.6 Å². The lowest BCUT2D eigenvalue weighted by Gasteiger charge is -2.33. The van der Waals surface area contributed by atoms with Crippen molar-refractivity contribution in [3.8, 4) is 0 Å². The van der Waals surface area contributed by atoms with E-state index in [1.807, 2.05) is 28.9 Å². The van der Waals surface area contributed by atoms with Gasteiger partial charge in [-0.15, -0.1) is 0 Å². The maximum Gasteiger partial charge on any atom is 0.229 e. The van der Waals surface area contributed by atoms with Crippen LogP contribution in [0.2, 0.25) is 5.22 Å². The van der Waals surface area contributed by atoms with Crippen molar-refractivity contribution >= 4 is 17.5 Å². The Hall–Kier alpha value is -1.82. The molecule has 1 aliphatic heterocycles. The molecule has 0 aliphatic carbocycles. The van der Waals surface area contributed by atoms with Crippen molar-refractivity contribution in [2.75, 3.05) is 13.1 Å². The number of likely N-dealkylation sites (tertiary alicyclic amines) is 1. The lowest BCUT2D eigenvalue weighted by atomic mass is 10.0. The minimum absolute atomic E-state index is 0.0572. The van der Waals surface area contributed by atoms with Crippen LogP contribution in [0.25, 0.3) is 0 Å². The number of hydrogen-bond donors (Lipinski definition) is 0. The Kier molecular flexibility index (Phi) is 4.20. The highest BCUT2D eigenvalue weighted by Gasteiger charge is 2.26. The molecule has 0 aromatic carbocycles. The van der Waals surface area contributed by atoms with E-state index in [1.54, 1.807) is 6.92 Å². The number of amides is 1. The summed E-state index contributed by atoms with van der Waals surface area (Å²) >= 11 is 5.94. The number of carbonyl (C=O) groups is 1. The second-order valence-corrected chi connectivity index (χ2v) is 6.17. The van der Waals surface area contributed by atoms with Gasteiger partial charge in [0.1, 0.15) is 0 Å². The van der Waals surface area contributed by atoms with E-state index in [-0.39, 0.29) is 23.6 Å². The summed E-state index contributed by atoms with van der Waals surface area (Å²) in [7, 11) is 0. The molecule has 1 aliphatic rings. The molecule has 0 N–H and O–H groups in total. The summed E-state index contributed by atoms with van der Waals surface area (Å²) in [4.78, 5) is 14.4. The van der Waals surface area contributed by atoms with Crippen LogP contribution in [0, 0.1) is 13.8 Å². The summed E-state index contributed by atoms with van der Waals surface area (Å²) in [5, 5.41) is 8.37. The van der Waals surface area contributed by atoms with Gasteiger partial charge in [-0.25, -0.2) is 0 Å². The van der Waals surface area contributed by atoms with Crippen LogP contribution < -0.4 is 0 Å². The molecule has 118 valence electrons. The summed E-state index contributed by atoms with van der Waals surface area (Å²) in [5.74, 6) is 0.0572. The van der Waals surface area contributed by atoms with Crippen LogP contribution in [0.1, 0.15) is 35.7 Å². The average molecular weight is 323 g/mol. The third kappa shape index (κ3) is 3.02. The molecule has 3 rings (SSSR count). The van der Waals surface area contributed by atoms with Crippen molar-refractivity contribution in [3.63, 3.8) is 0 Å². The first kappa shape index (κ1) is 15.1. The van der Waals surface area contributed by atoms with Crippen LogP contribution in [0.4, 0.5) is 0 Å². The Labute approximate surface area is 134 Å². The Morgan fingerprint density at radius 2 is 2.32 bits per heavy atom. The van der Waals surface area contributed by atoms with Crippen molar-refractivity contribution in [1.82, 2.24) is 19.8 Å². The van der Waals surface area contributed by atoms with Gasteiger partial charge in [-0.1, -0.05) is 5.16 Å². The number of hydrogen-bond acceptors (Lipinski definition) is 4. The number of halogens is 1. The molecule has 2 aromatic rings.